The van der Waals surface area contributed by atoms with Gasteiger partial charge in [0.25, 0.3) is 0 Å². The summed E-state index contributed by atoms with van der Waals surface area (Å²) in [5.74, 6) is 0.0929. The summed E-state index contributed by atoms with van der Waals surface area (Å²) >= 11 is 0. The number of benzene rings is 1. The van der Waals surface area contributed by atoms with E-state index in [4.69, 9.17) is 5.73 Å². The van der Waals surface area contributed by atoms with Crippen molar-refractivity contribution in [3.8, 4) is 0 Å². The zero-order chi connectivity index (χ0) is 11.8. The van der Waals surface area contributed by atoms with Crippen LogP contribution < -0.4 is 5.73 Å². The Morgan fingerprint density at radius 3 is 2.07 bits per heavy atom. The summed E-state index contributed by atoms with van der Waals surface area (Å²) < 4.78 is 13.8. The van der Waals surface area contributed by atoms with E-state index in [-0.39, 0.29) is 17.2 Å². The summed E-state index contributed by atoms with van der Waals surface area (Å²) in [6.07, 6.45) is 0. The van der Waals surface area contributed by atoms with E-state index in [1.807, 2.05) is 34.6 Å². The highest BCUT2D eigenvalue weighted by atomic mass is 19.1. The molecule has 0 saturated heterocycles. The van der Waals surface area contributed by atoms with Gasteiger partial charge in [0.2, 0.25) is 0 Å². The predicted molar refractivity (Wildman–Crippen MR) is 63.6 cm³/mol. The maximum Gasteiger partial charge on any atom is 0.127 e. The third-order valence-corrected chi connectivity index (χ3v) is 2.56. The first-order valence-corrected chi connectivity index (χ1v) is 5.33. The average molecular weight is 209 g/mol. The first-order chi connectivity index (χ1) is 6.75. The largest absolute Gasteiger partial charge is 0.398 e. The Kier molecular flexibility index (Phi) is 3.08. The lowest BCUT2D eigenvalue weighted by molar-refractivity contribution is 0.513. The van der Waals surface area contributed by atoms with Crippen molar-refractivity contribution in [2.75, 3.05) is 5.73 Å². The number of halogens is 1. The second kappa shape index (κ2) is 3.84. The molecule has 0 aliphatic rings. The highest BCUT2D eigenvalue weighted by Crippen LogP contribution is 2.35. The number of anilines is 1. The first kappa shape index (κ1) is 12.0. The molecule has 0 atom stereocenters. The van der Waals surface area contributed by atoms with E-state index >= 15 is 0 Å². The fourth-order valence-corrected chi connectivity index (χ4v) is 1.99. The molecule has 0 fully saturated rings. The minimum atomic E-state index is -0.209. The molecule has 0 radical (unpaired) electrons. The van der Waals surface area contributed by atoms with Crippen LogP contribution in [0.25, 0.3) is 0 Å². The second-order valence-electron chi connectivity index (χ2n) is 5.33. The van der Waals surface area contributed by atoms with Crippen LogP contribution in [-0.2, 0) is 5.41 Å². The zero-order valence-corrected chi connectivity index (χ0v) is 10.2. The Morgan fingerprint density at radius 2 is 1.73 bits per heavy atom. The van der Waals surface area contributed by atoms with Crippen molar-refractivity contribution < 1.29 is 4.39 Å². The lowest BCUT2D eigenvalue weighted by Gasteiger charge is -2.26. The summed E-state index contributed by atoms with van der Waals surface area (Å²) in [7, 11) is 0. The van der Waals surface area contributed by atoms with Crippen LogP contribution in [0.2, 0.25) is 0 Å². The van der Waals surface area contributed by atoms with Crippen molar-refractivity contribution in [2.45, 2.75) is 46.0 Å². The second-order valence-corrected chi connectivity index (χ2v) is 5.33. The Morgan fingerprint density at radius 1 is 1.20 bits per heavy atom. The van der Waals surface area contributed by atoms with Gasteiger partial charge in [-0.15, -0.1) is 0 Å². The Balaban J connectivity index is 3.53. The van der Waals surface area contributed by atoms with Crippen LogP contribution in [0.4, 0.5) is 10.1 Å². The highest BCUT2D eigenvalue weighted by Gasteiger charge is 2.25. The molecule has 0 unspecified atom stereocenters. The minimum Gasteiger partial charge on any atom is -0.398 e. The molecule has 1 aromatic rings. The lowest BCUT2D eigenvalue weighted by atomic mass is 9.79. The highest BCUT2D eigenvalue weighted by molar-refractivity contribution is 5.55. The molecule has 0 aliphatic carbocycles. The maximum atomic E-state index is 13.8. The molecular formula is C13H20FN. The molecule has 2 heteroatoms. The molecule has 0 bridgehead atoms. The average Bonchev–Trinajstić information content (AvgIpc) is 2.05. The number of hydrogen-bond acceptors (Lipinski definition) is 1. The van der Waals surface area contributed by atoms with Gasteiger partial charge in [-0.3, -0.25) is 0 Å². The Labute approximate surface area is 91.5 Å². The summed E-state index contributed by atoms with van der Waals surface area (Å²) in [5, 5.41) is 0. The SMILES string of the molecule is CC(C)c1c(N)ccc(F)c1C(C)(C)C. The summed E-state index contributed by atoms with van der Waals surface area (Å²) in [4.78, 5) is 0. The van der Waals surface area contributed by atoms with E-state index in [0.29, 0.717) is 5.69 Å². The van der Waals surface area contributed by atoms with Gasteiger partial charge in [-0.2, -0.15) is 0 Å². The number of hydrogen-bond donors (Lipinski definition) is 1. The molecule has 15 heavy (non-hydrogen) atoms. The van der Waals surface area contributed by atoms with Crippen molar-refractivity contribution in [2.24, 2.45) is 0 Å². The topological polar surface area (TPSA) is 26.0 Å². The Hall–Kier alpha value is -1.05. The van der Waals surface area contributed by atoms with Gasteiger partial charge in [-0.25, -0.2) is 4.39 Å². The van der Waals surface area contributed by atoms with Crippen molar-refractivity contribution in [3.63, 3.8) is 0 Å². The standard InChI is InChI=1S/C13H20FN/c1-8(2)11-10(15)7-6-9(14)12(11)13(3,4)5/h6-8H,15H2,1-5H3. The van der Waals surface area contributed by atoms with E-state index in [9.17, 15) is 4.39 Å². The molecule has 1 aromatic carbocycles. The van der Waals surface area contributed by atoms with Crippen LogP contribution in [-0.4, -0.2) is 0 Å². The van der Waals surface area contributed by atoms with Gasteiger partial charge in [0.05, 0.1) is 0 Å². The smallest absolute Gasteiger partial charge is 0.127 e. The Bertz CT molecular complexity index is 362. The van der Waals surface area contributed by atoms with E-state index in [1.165, 1.54) is 6.07 Å². The van der Waals surface area contributed by atoms with Crippen molar-refractivity contribution >= 4 is 5.69 Å². The van der Waals surface area contributed by atoms with Gasteiger partial charge < -0.3 is 5.73 Å². The molecule has 0 saturated carbocycles. The summed E-state index contributed by atoms with van der Waals surface area (Å²) in [6.45, 7) is 10.1. The van der Waals surface area contributed by atoms with Crippen LogP contribution >= 0.6 is 0 Å². The van der Waals surface area contributed by atoms with Crippen LogP contribution in [0.1, 0.15) is 51.7 Å². The van der Waals surface area contributed by atoms with E-state index in [0.717, 1.165) is 11.1 Å². The van der Waals surface area contributed by atoms with Crippen LogP contribution in [0, 0.1) is 5.82 Å². The van der Waals surface area contributed by atoms with Gasteiger partial charge in [-0.05, 0) is 34.6 Å². The molecule has 84 valence electrons. The maximum absolute atomic E-state index is 13.8. The fourth-order valence-electron chi connectivity index (χ4n) is 1.99. The third kappa shape index (κ3) is 2.31. The van der Waals surface area contributed by atoms with Crippen LogP contribution in [0.3, 0.4) is 0 Å². The zero-order valence-electron chi connectivity index (χ0n) is 10.2. The summed E-state index contributed by atoms with van der Waals surface area (Å²) in [6, 6.07) is 3.11. The molecule has 0 spiro atoms. The van der Waals surface area contributed by atoms with Crippen LogP contribution in [0.15, 0.2) is 12.1 Å². The monoisotopic (exact) mass is 209 g/mol. The van der Waals surface area contributed by atoms with Crippen molar-refractivity contribution in [1.82, 2.24) is 0 Å². The van der Waals surface area contributed by atoms with E-state index in [2.05, 4.69) is 0 Å². The van der Waals surface area contributed by atoms with Gasteiger partial charge in [0, 0.05) is 5.69 Å². The molecule has 0 aliphatic heterocycles. The van der Waals surface area contributed by atoms with Gasteiger partial charge >= 0.3 is 0 Å². The van der Waals surface area contributed by atoms with Gasteiger partial charge in [0.1, 0.15) is 5.82 Å². The molecule has 0 amide bonds. The first-order valence-electron chi connectivity index (χ1n) is 5.33. The fraction of sp³-hybridized carbons (Fsp3) is 0.538. The van der Waals surface area contributed by atoms with Gasteiger partial charge in [-0.1, -0.05) is 34.6 Å². The molecular weight excluding hydrogens is 189 g/mol. The summed E-state index contributed by atoms with van der Waals surface area (Å²) in [5.41, 5.74) is 8.10. The quantitative estimate of drug-likeness (QED) is 0.699. The predicted octanol–water partition coefficient (Wildman–Crippen LogP) is 3.83. The molecule has 2 N–H and O–H groups in total. The lowest BCUT2D eigenvalue weighted by Crippen LogP contribution is -2.18. The minimum absolute atomic E-state index is 0.152. The van der Waals surface area contributed by atoms with Crippen molar-refractivity contribution in [1.29, 1.82) is 0 Å². The van der Waals surface area contributed by atoms with Crippen molar-refractivity contribution in [3.05, 3.63) is 29.1 Å². The molecule has 0 aromatic heterocycles. The van der Waals surface area contributed by atoms with Gasteiger partial charge in [0.15, 0.2) is 0 Å². The number of nitrogen functional groups attached to an aromatic ring is 1. The van der Waals surface area contributed by atoms with Crippen LogP contribution in [0.5, 0.6) is 0 Å². The normalized spacial score (nSPS) is 12.2. The number of nitrogens with two attached hydrogens (primary N) is 1. The van der Waals surface area contributed by atoms with E-state index in [1.54, 1.807) is 6.07 Å². The molecule has 0 heterocycles. The molecule has 1 nitrogen and oxygen atoms in total. The van der Waals surface area contributed by atoms with E-state index < -0.39 is 0 Å². The third-order valence-electron chi connectivity index (χ3n) is 2.56. The molecule has 1 rings (SSSR count). The number of rotatable bonds is 1.